The molecule has 0 aliphatic heterocycles. The maximum Gasteiger partial charge on any atom is 0.239 e. The third kappa shape index (κ3) is 7.55. The summed E-state index contributed by atoms with van der Waals surface area (Å²) in [6.07, 6.45) is 2.38. The van der Waals surface area contributed by atoms with E-state index in [0.29, 0.717) is 19.6 Å². The van der Waals surface area contributed by atoms with E-state index in [0.717, 1.165) is 16.7 Å². The summed E-state index contributed by atoms with van der Waals surface area (Å²) in [7, 11) is 0. The number of nitrogens with zero attached hydrogens (tertiary/aromatic N) is 1. The zero-order chi connectivity index (χ0) is 16.5. The summed E-state index contributed by atoms with van der Waals surface area (Å²) in [5.41, 5.74) is 5.95. The quantitative estimate of drug-likeness (QED) is 0.585. The largest absolute Gasteiger partial charge is 0.491 e. The Kier molecular flexibility index (Phi) is 11.3. The van der Waals surface area contributed by atoms with Crippen LogP contribution in [0.1, 0.15) is 6.42 Å². The number of carbonyl (C=O) groups is 2. The standard InChI is InChI=1S/C16H20N4O3.2ClH/c17-10-14(21)20-11-15(22)18-8-3-9-23-13-6-1-4-12-5-2-7-19-16(12)13;;/h1-2,4-7H,3,8-11,17H2,(H,18,22)(H,20,21);2*1H. The molecule has 2 aromatic rings. The van der Waals surface area contributed by atoms with Gasteiger partial charge in [-0.3, -0.25) is 14.6 Å². The Morgan fingerprint density at radius 1 is 1.08 bits per heavy atom. The number of fused-ring (bicyclic) bond motifs is 1. The van der Waals surface area contributed by atoms with Gasteiger partial charge >= 0.3 is 0 Å². The fourth-order valence-electron chi connectivity index (χ4n) is 1.99. The minimum absolute atomic E-state index is 0. The Morgan fingerprint density at radius 2 is 1.84 bits per heavy atom. The Morgan fingerprint density at radius 3 is 2.60 bits per heavy atom. The molecule has 0 saturated carbocycles. The van der Waals surface area contributed by atoms with Gasteiger partial charge in [-0.25, -0.2) is 0 Å². The fraction of sp³-hybridized carbons (Fsp3) is 0.312. The van der Waals surface area contributed by atoms with Crippen LogP contribution in [-0.4, -0.2) is 43.0 Å². The lowest BCUT2D eigenvalue weighted by atomic mass is 10.2. The van der Waals surface area contributed by atoms with Crippen molar-refractivity contribution >= 4 is 47.5 Å². The molecule has 1 heterocycles. The summed E-state index contributed by atoms with van der Waals surface area (Å²) in [4.78, 5) is 26.7. The number of rotatable bonds is 8. The highest BCUT2D eigenvalue weighted by molar-refractivity contribution is 5.86. The molecule has 1 aromatic carbocycles. The van der Waals surface area contributed by atoms with Gasteiger partial charge in [-0.15, -0.1) is 24.8 Å². The lowest BCUT2D eigenvalue weighted by Gasteiger charge is -2.09. The van der Waals surface area contributed by atoms with Crippen LogP contribution in [0, 0.1) is 0 Å². The molecule has 1 aromatic heterocycles. The number of ether oxygens (including phenoxy) is 1. The van der Waals surface area contributed by atoms with Gasteiger partial charge in [0.05, 0.1) is 19.7 Å². The molecule has 0 aliphatic carbocycles. The third-order valence-electron chi connectivity index (χ3n) is 3.13. The zero-order valence-corrected chi connectivity index (χ0v) is 15.2. The monoisotopic (exact) mass is 388 g/mol. The molecule has 2 amide bonds. The van der Waals surface area contributed by atoms with Crippen LogP contribution in [0.5, 0.6) is 5.75 Å². The number of benzene rings is 1. The summed E-state index contributed by atoms with van der Waals surface area (Å²) >= 11 is 0. The lowest BCUT2D eigenvalue weighted by Crippen LogP contribution is -2.39. The normalized spacial score (nSPS) is 9.48. The molecule has 138 valence electrons. The molecule has 0 aliphatic rings. The summed E-state index contributed by atoms with van der Waals surface area (Å²) in [5.74, 6) is 0.121. The first kappa shape index (κ1) is 22.9. The second-order valence-electron chi connectivity index (χ2n) is 4.86. The summed E-state index contributed by atoms with van der Waals surface area (Å²) in [6.45, 7) is 0.741. The Hall–Kier alpha value is -2.09. The maximum atomic E-state index is 11.5. The minimum Gasteiger partial charge on any atom is -0.491 e. The smallest absolute Gasteiger partial charge is 0.239 e. The van der Waals surface area contributed by atoms with Crippen molar-refractivity contribution in [1.29, 1.82) is 0 Å². The van der Waals surface area contributed by atoms with Crippen molar-refractivity contribution in [2.45, 2.75) is 6.42 Å². The van der Waals surface area contributed by atoms with Gasteiger partial charge in [-0.05, 0) is 18.6 Å². The highest BCUT2D eigenvalue weighted by Crippen LogP contribution is 2.22. The third-order valence-corrected chi connectivity index (χ3v) is 3.13. The first-order valence-electron chi connectivity index (χ1n) is 7.40. The van der Waals surface area contributed by atoms with Crippen LogP contribution in [0.4, 0.5) is 0 Å². The fourth-order valence-corrected chi connectivity index (χ4v) is 1.99. The molecule has 0 bridgehead atoms. The number of amides is 2. The molecule has 0 spiro atoms. The van der Waals surface area contributed by atoms with E-state index in [4.69, 9.17) is 10.5 Å². The number of nitrogens with one attached hydrogen (secondary N) is 2. The van der Waals surface area contributed by atoms with Crippen molar-refractivity contribution in [2.75, 3.05) is 26.2 Å². The van der Waals surface area contributed by atoms with Crippen LogP contribution in [-0.2, 0) is 9.59 Å². The minimum atomic E-state index is -0.355. The van der Waals surface area contributed by atoms with Gasteiger partial charge in [0.1, 0.15) is 11.3 Å². The Labute approximate surface area is 158 Å². The number of hydrogen-bond donors (Lipinski definition) is 3. The second-order valence-corrected chi connectivity index (χ2v) is 4.86. The molecule has 0 saturated heterocycles. The molecule has 0 atom stereocenters. The van der Waals surface area contributed by atoms with Gasteiger partial charge in [-0.1, -0.05) is 18.2 Å². The van der Waals surface area contributed by atoms with Crippen molar-refractivity contribution < 1.29 is 14.3 Å². The zero-order valence-electron chi connectivity index (χ0n) is 13.6. The van der Waals surface area contributed by atoms with Crippen molar-refractivity contribution in [3.05, 3.63) is 36.5 Å². The van der Waals surface area contributed by atoms with Crippen molar-refractivity contribution in [1.82, 2.24) is 15.6 Å². The average molecular weight is 389 g/mol. The Bertz CT molecular complexity index is 680. The number of aromatic nitrogens is 1. The second kappa shape index (κ2) is 12.3. The van der Waals surface area contributed by atoms with Crippen LogP contribution in [0.25, 0.3) is 10.9 Å². The van der Waals surface area contributed by atoms with Crippen molar-refractivity contribution in [3.63, 3.8) is 0 Å². The van der Waals surface area contributed by atoms with Crippen molar-refractivity contribution in [2.24, 2.45) is 5.73 Å². The van der Waals surface area contributed by atoms with E-state index in [2.05, 4.69) is 15.6 Å². The van der Waals surface area contributed by atoms with E-state index in [1.165, 1.54) is 0 Å². The summed E-state index contributed by atoms with van der Waals surface area (Å²) in [5, 5.41) is 6.12. The van der Waals surface area contributed by atoms with E-state index < -0.39 is 0 Å². The molecule has 4 N–H and O–H groups in total. The molecule has 25 heavy (non-hydrogen) atoms. The average Bonchev–Trinajstić information content (AvgIpc) is 2.59. The number of hydrogen-bond acceptors (Lipinski definition) is 5. The predicted molar refractivity (Wildman–Crippen MR) is 101 cm³/mol. The number of para-hydroxylation sites is 1. The SMILES string of the molecule is Cl.Cl.NCC(=O)NCC(=O)NCCCOc1cccc2cccnc12. The first-order valence-corrected chi connectivity index (χ1v) is 7.40. The number of halogens is 2. The predicted octanol–water partition coefficient (Wildman–Crippen LogP) is 1.04. The van der Waals surface area contributed by atoms with E-state index in [9.17, 15) is 9.59 Å². The molecule has 2 rings (SSSR count). The van der Waals surface area contributed by atoms with Crippen LogP contribution in [0.3, 0.4) is 0 Å². The number of carbonyl (C=O) groups excluding carboxylic acids is 2. The van der Waals surface area contributed by atoms with Gasteiger partial charge in [0.25, 0.3) is 0 Å². The maximum absolute atomic E-state index is 11.5. The number of nitrogens with two attached hydrogens (primary N) is 1. The van der Waals surface area contributed by atoms with Gasteiger partial charge in [0.15, 0.2) is 0 Å². The van der Waals surface area contributed by atoms with Crippen LogP contribution in [0.2, 0.25) is 0 Å². The van der Waals surface area contributed by atoms with Crippen LogP contribution < -0.4 is 21.1 Å². The summed E-state index contributed by atoms with van der Waals surface area (Å²) < 4.78 is 5.72. The van der Waals surface area contributed by atoms with Gasteiger partial charge in [-0.2, -0.15) is 0 Å². The molecule has 0 radical (unpaired) electrons. The van der Waals surface area contributed by atoms with E-state index in [-0.39, 0.29) is 49.7 Å². The molecule has 0 unspecified atom stereocenters. The van der Waals surface area contributed by atoms with Crippen LogP contribution in [0.15, 0.2) is 36.5 Å². The lowest BCUT2D eigenvalue weighted by molar-refractivity contribution is -0.125. The van der Waals surface area contributed by atoms with Gasteiger partial charge < -0.3 is 21.1 Å². The molecule has 0 fully saturated rings. The summed E-state index contributed by atoms with van der Waals surface area (Å²) in [6, 6.07) is 9.62. The van der Waals surface area contributed by atoms with E-state index in [1.807, 2.05) is 30.3 Å². The molecular formula is C16H22Cl2N4O3. The van der Waals surface area contributed by atoms with Crippen molar-refractivity contribution in [3.8, 4) is 5.75 Å². The first-order chi connectivity index (χ1) is 11.2. The van der Waals surface area contributed by atoms with Crippen LogP contribution >= 0.6 is 24.8 Å². The highest BCUT2D eigenvalue weighted by atomic mass is 35.5. The highest BCUT2D eigenvalue weighted by Gasteiger charge is 2.04. The van der Waals surface area contributed by atoms with Gasteiger partial charge in [0, 0.05) is 18.1 Å². The Balaban J connectivity index is 0.00000288. The number of pyridine rings is 1. The van der Waals surface area contributed by atoms with E-state index >= 15 is 0 Å². The van der Waals surface area contributed by atoms with Gasteiger partial charge in [0.2, 0.25) is 11.8 Å². The molecular weight excluding hydrogens is 367 g/mol. The topological polar surface area (TPSA) is 106 Å². The van der Waals surface area contributed by atoms with E-state index in [1.54, 1.807) is 6.20 Å². The molecule has 7 nitrogen and oxygen atoms in total. The molecule has 9 heteroatoms.